The van der Waals surface area contributed by atoms with Gasteiger partial charge >= 0.3 is 0 Å². The van der Waals surface area contributed by atoms with Gasteiger partial charge in [-0.25, -0.2) is 0 Å². The van der Waals surface area contributed by atoms with Gasteiger partial charge in [0.05, 0.1) is 11.5 Å². The molecule has 1 aliphatic carbocycles. The summed E-state index contributed by atoms with van der Waals surface area (Å²) in [6.45, 7) is 3.72. The van der Waals surface area contributed by atoms with Crippen LogP contribution in [0.15, 0.2) is 24.8 Å². The molecule has 0 N–H and O–H groups in total. The lowest BCUT2D eigenvalue weighted by atomic mass is 9.87. The van der Waals surface area contributed by atoms with Crippen LogP contribution in [-0.2, 0) is 9.53 Å². The molecule has 1 rings (SSSR count). The summed E-state index contributed by atoms with van der Waals surface area (Å²) >= 11 is 1.65. The lowest BCUT2D eigenvalue weighted by molar-refractivity contribution is -0.117. The zero-order chi connectivity index (χ0) is 10.4. The SMILES string of the molecule is C=CCC1(OCSC)C=CC(=O)CC1. The van der Waals surface area contributed by atoms with Gasteiger partial charge in [-0.1, -0.05) is 6.08 Å². The third-order valence-electron chi connectivity index (χ3n) is 2.32. The average Bonchev–Trinajstić information content (AvgIpc) is 2.20. The van der Waals surface area contributed by atoms with Gasteiger partial charge in [-0.3, -0.25) is 4.79 Å². The van der Waals surface area contributed by atoms with E-state index in [-0.39, 0.29) is 11.4 Å². The maximum absolute atomic E-state index is 11.1. The lowest BCUT2D eigenvalue weighted by Crippen LogP contribution is -2.33. The first-order valence-electron chi connectivity index (χ1n) is 4.68. The van der Waals surface area contributed by atoms with Gasteiger partial charge in [0, 0.05) is 6.42 Å². The number of rotatable bonds is 5. The van der Waals surface area contributed by atoms with Crippen LogP contribution in [0, 0.1) is 0 Å². The van der Waals surface area contributed by atoms with Crippen molar-refractivity contribution in [1.29, 1.82) is 0 Å². The zero-order valence-corrected chi connectivity index (χ0v) is 9.31. The molecule has 0 radical (unpaired) electrons. The van der Waals surface area contributed by atoms with Crippen LogP contribution in [0.2, 0.25) is 0 Å². The van der Waals surface area contributed by atoms with Crippen molar-refractivity contribution >= 4 is 17.5 Å². The van der Waals surface area contributed by atoms with E-state index in [1.807, 2.05) is 18.4 Å². The molecular weight excluding hydrogens is 196 g/mol. The number of carbonyl (C=O) groups excluding carboxylic acids is 1. The third kappa shape index (κ3) is 3.00. The van der Waals surface area contributed by atoms with E-state index in [4.69, 9.17) is 4.74 Å². The number of carbonyl (C=O) groups is 1. The molecule has 0 fully saturated rings. The molecule has 0 amide bonds. The van der Waals surface area contributed by atoms with Crippen LogP contribution >= 0.6 is 11.8 Å². The van der Waals surface area contributed by atoms with Crippen LogP contribution in [0.5, 0.6) is 0 Å². The van der Waals surface area contributed by atoms with Crippen molar-refractivity contribution in [3.05, 3.63) is 24.8 Å². The molecule has 0 spiro atoms. The monoisotopic (exact) mass is 212 g/mol. The van der Waals surface area contributed by atoms with Crippen molar-refractivity contribution in [1.82, 2.24) is 0 Å². The molecule has 0 aromatic carbocycles. The molecule has 0 aromatic heterocycles. The molecule has 1 aliphatic rings. The van der Waals surface area contributed by atoms with Gasteiger partial charge in [-0.15, -0.1) is 18.3 Å². The van der Waals surface area contributed by atoms with Crippen molar-refractivity contribution in [2.24, 2.45) is 0 Å². The maximum Gasteiger partial charge on any atom is 0.155 e. The van der Waals surface area contributed by atoms with Crippen molar-refractivity contribution in [3.63, 3.8) is 0 Å². The number of hydrogen-bond donors (Lipinski definition) is 0. The second-order valence-corrected chi connectivity index (χ2v) is 4.22. The predicted octanol–water partition coefficient (Wildman–Crippen LogP) is 2.56. The maximum atomic E-state index is 11.1. The molecule has 0 bridgehead atoms. The van der Waals surface area contributed by atoms with E-state index < -0.39 is 0 Å². The molecule has 0 heterocycles. The summed E-state index contributed by atoms with van der Waals surface area (Å²) in [6, 6.07) is 0. The van der Waals surface area contributed by atoms with Gasteiger partial charge in [-0.2, -0.15) is 0 Å². The number of hydrogen-bond acceptors (Lipinski definition) is 3. The Morgan fingerprint density at radius 2 is 2.57 bits per heavy atom. The summed E-state index contributed by atoms with van der Waals surface area (Å²) in [6.07, 6.45) is 9.49. The van der Waals surface area contributed by atoms with Crippen molar-refractivity contribution < 1.29 is 9.53 Å². The van der Waals surface area contributed by atoms with Gasteiger partial charge in [0.1, 0.15) is 0 Å². The molecule has 1 atom stereocenters. The minimum Gasteiger partial charge on any atom is -0.360 e. The molecular formula is C11H16O2S. The standard InChI is InChI=1S/C11H16O2S/c1-3-6-11(13-9-14-2)7-4-10(12)5-8-11/h3-4,7H,1,5-6,8-9H2,2H3. The van der Waals surface area contributed by atoms with E-state index in [1.54, 1.807) is 17.8 Å². The highest BCUT2D eigenvalue weighted by Gasteiger charge is 2.30. The van der Waals surface area contributed by atoms with Gasteiger partial charge < -0.3 is 4.74 Å². The topological polar surface area (TPSA) is 26.3 Å². The molecule has 1 unspecified atom stereocenters. The molecule has 14 heavy (non-hydrogen) atoms. The van der Waals surface area contributed by atoms with Crippen LogP contribution in [0.25, 0.3) is 0 Å². The highest BCUT2D eigenvalue weighted by molar-refractivity contribution is 7.98. The number of ether oxygens (including phenoxy) is 1. The number of thioether (sulfide) groups is 1. The summed E-state index contributed by atoms with van der Waals surface area (Å²) in [4.78, 5) is 11.1. The van der Waals surface area contributed by atoms with Crippen LogP contribution in [0.4, 0.5) is 0 Å². The largest absolute Gasteiger partial charge is 0.360 e. The normalized spacial score (nSPS) is 26.5. The van der Waals surface area contributed by atoms with Crippen LogP contribution in [0.3, 0.4) is 0 Å². The van der Waals surface area contributed by atoms with Crippen LogP contribution in [-0.4, -0.2) is 23.6 Å². The first kappa shape index (κ1) is 11.5. The Morgan fingerprint density at radius 3 is 3.07 bits per heavy atom. The van der Waals surface area contributed by atoms with Crippen molar-refractivity contribution in [2.45, 2.75) is 24.9 Å². The summed E-state index contributed by atoms with van der Waals surface area (Å²) < 4.78 is 5.76. The van der Waals surface area contributed by atoms with E-state index in [9.17, 15) is 4.79 Å². The quantitative estimate of drug-likeness (QED) is 0.517. The fourth-order valence-electron chi connectivity index (χ4n) is 1.52. The molecule has 78 valence electrons. The Hall–Kier alpha value is -0.540. The minimum atomic E-state index is -0.279. The molecule has 0 saturated heterocycles. The van der Waals surface area contributed by atoms with Crippen molar-refractivity contribution in [3.8, 4) is 0 Å². The van der Waals surface area contributed by atoms with E-state index >= 15 is 0 Å². The summed E-state index contributed by atoms with van der Waals surface area (Å²) in [5, 5.41) is 0. The third-order valence-corrected chi connectivity index (χ3v) is 2.68. The Kier molecular flexibility index (Phi) is 4.42. The van der Waals surface area contributed by atoms with E-state index in [2.05, 4.69) is 6.58 Å². The summed E-state index contributed by atoms with van der Waals surface area (Å²) in [5.41, 5.74) is -0.279. The highest BCUT2D eigenvalue weighted by atomic mass is 32.2. The summed E-state index contributed by atoms with van der Waals surface area (Å²) in [7, 11) is 0. The second kappa shape index (κ2) is 5.37. The lowest BCUT2D eigenvalue weighted by Gasteiger charge is -2.31. The number of ketones is 1. The smallest absolute Gasteiger partial charge is 0.155 e. The summed E-state index contributed by atoms with van der Waals surface area (Å²) in [5.74, 6) is 0.851. The molecule has 3 heteroatoms. The fourth-order valence-corrected chi connectivity index (χ4v) is 1.87. The Bertz CT molecular complexity index is 248. The molecule has 0 aromatic rings. The van der Waals surface area contributed by atoms with E-state index in [0.29, 0.717) is 12.4 Å². The minimum absolute atomic E-state index is 0.192. The van der Waals surface area contributed by atoms with Gasteiger partial charge in [-0.05, 0) is 31.2 Å². The first-order valence-corrected chi connectivity index (χ1v) is 6.08. The van der Waals surface area contributed by atoms with Crippen molar-refractivity contribution in [2.75, 3.05) is 12.2 Å². The molecule has 2 nitrogen and oxygen atoms in total. The van der Waals surface area contributed by atoms with Gasteiger partial charge in [0.2, 0.25) is 0 Å². The second-order valence-electron chi connectivity index (χ2n) is 3.41. The zero-order valence-electron chi connectivity index (χ0n) is 8.49. The average molecular weight is 212 g/mol. The Morgan fingerprint density at radius 1 is 1.79 bits per heavy atom. The van der Waals surface area contributed by atoms with Crippen LogP contribution < -0.4 is 0 Å². The van der Waals surface area contributed by atoms with Gasteiger partial charge in [0.25, 0.3) is 0 Å². The van der Waals surface area contributed by atoms with E-state index in [0.717, 1.165) is 12.8 Å². The predicted molar refractivity (Wildman–Crippen MR) is 60.4 cm³/mol. The Balaban J connectivity index is 2.66. The molecule has 0 saturated carbocycles. The fraction of sp³-hybridized carbons (Fsp3) is 0.545. The highest BCUT2D eigenvalue weighted by Crippen LogP contribution is 2.29. The van der Waals surface area contributed by atoms with Gasteiger partial charge in [0.15, 0.2) is 5.78 Å². The first-order chi connectivity index (χ1) is 6.72. The van der Waals surface area contributed by atoms with E-state index in [1.165, 1.54) is 0 Å². The Labute approximate surface area is 89.4 Å². The number of allylic oxidation sites excluding steroid dienone is 1. The molecule has 0 aliphatic heterocycles. The van der Waals surface area contributed by atoms with Crippen LogP contribution in [0.1, 0.15) is 19.3 Å².